The molecule has 0 unspecified atom stereocenters. The number of aliphatic carboxylic acids is 1. The Kier molecular flexibility index (Phi) is 3.94. The first-order valence-corrected chi connectivity index (χ1v) is 4.76. The van der Waals surface area contributed by atoms with E-state index in [2.05, 4.69) is 0 Å². The van der Waals surface area contributed by atoms with E-state index in [9.17, 15) is 4.79 Å². The van der Waals surface area contributed by atoms with Crippen LogP contribution in [0.15, 0.2) is 24.3 Å². The van der Waals surface area contributed by atoms with Gasteiger partial charge in [-0.05, 0) is 24.6 Å². The van der Waals surface area contributed by atoms with Gasteiger partial charge in [-0.1, -0.05) is 12.1 Å². The second-order valence-corrected chi connectivity index (χ2v) is 3.08. The van der Waals surface area contributed by atoms with Crippen molar-refractivity contribution < 1.29 is 19.4 Å². The molecule has 1 rings (SSSR count). The number of carboxylic acids is 1. The largest absolute Gasteiger partial charge is 0.493 e. The average Bonchev–Trinajstić information content (AvgIpc) is 2.29. The Morgan fingerprint density at radius 2 is 1.88 bits per heavy atom. The zero-order valence-corrected chi connectivity index (χ0v) is 9.48. The minimum Gasteiger partial charge on any atom is -0.493 e. The summed E-state index contributed by atoms with van der Waals surface area (Å²) in [5.74, 6) is 0.127. The van der Waals surface area contributed by atoms with Crippen LogP contribution in [0.4, 0.5) is 0 Å². The molecule has 0 aromatic heterocycles. The highest BCUT2D eigenvalue weighted by Gasteiger charge is 2.12. The van der Waals surface area contributed by atoms with Crippen LogP contribution in [0, 0.1) is 0 Å². The maximum Gasteiger partial charge on any atom is 0.335 e. The molecule has 0 amide bonds. The molecule has 0 bridgehead atoms. The van der Waals surface area contributed by atoms with Gasteiger partial charge >= 0.3 is 5.97 Å². The maximum absolute atomic E-state index is 10.9. The van der Waals surface area contributed by atoms with Crippen LogP contribution in [0.5, 0.6) is 11.5 Å². The number of hydrogen-bond donors (Lipinski definition) is 1. The lowest BCUT2D eigenvalue weighted by Crippen LogP contribution is -2.00. The molecule has 0 aliphatic heterocycles. The van der Waals surface area contributed by atoms with Crippen LogP contribution in [-0.2, 0) is 4.79 Å². The smallest absolute Gasteiger partial charge is 0.335 e. The molecule has 1 aromatic carbocycles. The molecule has 86 valence electrons. The standard InChI is InChI=1S/C12H14O4/c1-4-9(12(13)14)8-5-6-10(15-2)11(7-8)16-3/h4-7H,1-3H3,(H,13,14)/b9-4+. The van der Waals surface area contributed by atoms with Gasteiger partial charge in [0.05, 0.1) is 19.8 Å². The molecule has 0 aliphatic carbocycles. The number of methoxy groups -OCH3 is 2. The van der Waals surface area contributed by atoms with E-state index in [0.717, 1.165) is 0 Å². The van der Waals surface area contributed by atoms with Crippen molar-refractivity contribution in [2.75, 3.05) is 14.2 Å². The van der Waals surface area contributed by atoms with Crippen molar-refractivity contribution in [3.8, 4) is 11.5 Å². The molecule has 1 aromatic rings. The predicted molar refractivity (Wildman–Crippen MR) is 60.8 cm³/mol. The first-order valence-electron chi connectivity index (χ1n) is 4.76. The van der Waals surface area contributed by atoms with Crippen molar-refractivity contribution in [3.63, 3.8) is 0 Å². The first kappa shape index (κ1) is 12.1. The fourth-order valence-electron chi connectivity index (χ4n) is 1.42. The quantitative estimate of drug-likeness (QED) is 0.793. The molecular weight excluding hydrogens is 208 g/mol. The number of ether oxygens (including phenoxy) is 2. The summed E-state index contributed by atoms with van der Waals surface area (Å²) in [5.41, 5.74) is 0.827. The normalized spacial score (nSPS) is 11.1. The molecule has 0 radical (unpaired) electrons. The maximum atomic E-state index is 10.9. The van der Waals surface area contributed by atoms with Gasteiger partial charge in [0, 0.05) is 0 Å². The molecule has 0 saturated heterocycles. The van der Waals surface area contributed by atoms with Crippen LogP contribution in [0.1, 0.15) is 12.5 Å². The van der Waals surface area contributed by atoms with Gasteiger partial charge in [0.15, 0.2) is 11.5 Å². The van der Waals surface area contributed by atoms with Gasteiger partial charge in [0.25, 0.3) is 0 Å². The fraction of sp³-hybridized carbons (Fsp3) is 0.250. The monoisotopic (exact) mass is 222 g/mol. The molecule has 0 aliphatic rings. The van der Waals surface area contributed by atoms with Gasteiger partial charge in [0.1, 0.15) is 0 Å². The van der Waals surface area contributed by atoms with Gasteiger partial charge in [-0.3, -0.25) is 0 Å². The third kappa shape index (κ3) is 2.34. The van der Waals surface area contributed by atoms with Crippen molar-refractivity contribution in [2.24, 2.45) is 0 Å². The molecule has 0 spiro atoms. The Morgan fingerprint density at radius 3 is 2.31 bits per heavy atom. The number of hydrogen-bond acceptors (Lipinski definition) is 3. The van der Waals surface area contributed by atoms with Gasteiger partial charge in [-0.25, -0.2) is 4.79 Å². The molecule has 1 N–H and O–H groups in total. The lowest BCUT2D eigenvalue weighted by atomic mass is 10.1. The number of carbonyl (C=O) groups is 1. The van der Waals surface area contributed by atoms with Gasteiger partial charge in [-0.15, -0.1) is 0 Å². The van der Waals surface area contributed by atoms with Crippen LogP contribution < -0.4 is 9.47 Å². The zero-order chi connectivity index (χ0) is 12.1. The number of rotatable bonds is 4. The van der Waals surface area contributed by atoms with E-state index in [0.29, 0.717) is 17.1 Å². The Hall–Kier alpha value is -1.97. The molecule has 4 heteroatoms. The van der Waals surface area contributed by atoms with Crippen molar-refractivity contribution >= 4 is 11.5 Å². The lowest BCUT2D eigenvalue weighted by molar-refractivity contribution is -0.130. The van der Waals surface area contributed by atoms with E-state index in [1.54, 1.807) is 31.2 Å². The molecule has 0 heterocycles. The first-order chi connectivity index (χ1) is 7.63. The highest BCUT2D eigenvalue weighted by atomic mass is 16.5. The third-order valence-electron chi connectivity index (χ3n) is 2.21. The van der Waals surface area contributed by atoms with Crippen LogP contribution in [-0.4, -0.2) is 25.3 Å². The summed E-state index contributed by atoms with van der Waals surface area (Å²) in [6.45, 7) is 1.68. The third-order valence-corrected chi connectivity index (χ3v) is 2.21. The van der Waals surface area contributed by atoms with Crippen molar-refractivity contribution in [1.82, 2.24) is 0 Å². The van der Waals surface area contributed by atoms with E-state index in [1.165, 1.54) is 14.2 Å². The molecule has 16 heavy (non-hydrogen) atoms. The molecule has 0 saturated carbocycles. The van der Waals surface area contributed by atoms with Crippen LogP contribution >= 0.6 is 0 Å². The minimum atomic E-state index is -0.963. The van der Waals surface area contributed by atoms with Crippen molar-refractivity contribution in [3.05, 3.63) is 29.8 Å². The second kappa shape index (κ2) is 5.21. The van der Waals surface area contributed by atoms with E-state index in [-0.39, 0.29) is 5.57 Å². The summed E-state index contributed by atoms with van der Waals surface area (Å²) < 4.78 is 10.2. The second-order valence-electron chi connectivity index (χ2n) is 3.08. The van der Waals surface area contributed by atoms with Crippen molar-refractivity contribution in [1.29, 1.82) is 0 Å². The summed E-state index contributed by atoms with van der Waals surface area (Å²) in [6, 6.07) is 5.01. The predicted octanol–water partition coefficient (Wildman–Crippen LogP) is 2.19. The lowest BCUT2D eigenvalue weighted by Gasteiger charge is -2.09. The van der Waals surface area contributed by atoms with Gasteiger partial charge < -0.3 is 14.6 Å². The molecule has 0 atom stereocenters. The SMILES string of the molecule is C/C=C(/C(=O)O)c1ccc(OC)c(OC)c1. The molecule has 0 fully saturated rings. The number of allylic oxidation sites excluding steroid dienone is 1. The Morgan fingerprint density at radius 1 is 1.25 bits per heavy atom. The van der Waals surface area contributed by atoms with E-state index < -0.39 is 5.97 Å². The Labute approximate surface area is 94.1 Å². The van der Waals surface area contributed by atoms with Crippen LogP contribution in [0.25, 0.3) is 5.57 Å². The number of benzene rings is 1. The minimum absolute atomic E-state index is 0.237. The Bertz CT molecular complexity index is 421. The van der Waals surface area contributed by atoms with E-state index in [1.807, 2.05) is 0 Å². The summed E-state index contributed by atoms with van der Waals surface area (Å²) in [5, 5.41) is 8.98. The summed E-state index contributed by atoms with van der Waals surface area (Å²) in [6.07, 6.45) is 1.55. The summed E-state index contributed by atoms with van der Waals surface area (Å²) in [7, 11) is 3.04. The van der Waals surface area contributed by atoms with Gasteiger partial charge in [0.2, 0.25) is 0 Å². The van der Waals surface area contributed by atoms with Crippen LogP contribution in [0.3, 0.4) is 0 Å². The topological polar surface area (TPSA) is 55.8 Å². The van der Waals surface area contributed by atoms with Gasteiger partial charge in [-0.2, -0.15) is 0 Å². The molecule has 4 nitrogen and oxygen atoms in total. The highest BCUT2D eigenvalue weighted by Crippen LogP contribution is 2.30. The Balaban J connectivity index is 3.22. The highest BCUT2D eigenvalue weighted by molar-refractivity contribution is 6.15. The van der Waals surface area contributed by atoms with Crippen LogP contribution in [0.2, 0.25) is 0 Å². The summed E-state index contributed by atoms with van der Waals surface area (Å²) in [4.78, 5) is 10.9. The summed E-state index contributed by atoms with van der Waals surface area (Å²) >= 11 is 0. The molecular formula is C12H14O4. The van der Waals surface area contributed by atoms with E-state index in [4.69, 9.17) is 14.6 Å². The van der Waals surface area contributed by atoms with E-state index >= 15 is 0 Å². The van der Waals surface area contributed by atoms with Crippen molar-refractivity contribution in [2.45, 2.75) is 6.92 Å². The number of carboxylic acid groups (broad SMARTS) is 1. The zero-order valence-electron chi connectivity index (χ0n) is 9.48. The fourth-order valence-corrected chi connectivity index (χ4v) is 1.42. The average molecular weight is 222 g/mol.